The molecule has 0 radical (unpaired) electrons. The van der Waals surface area contributed by atoms with Crippen molar-refractivity contribution < 1.29 is 42.1 Å². The lowest BCUT2D eigenvalue weighted by Gasteiger charge is -2.10. The predicted molar refractivity (Wildman–Crippen MR) is 222 cm³/mol. The van der Waals surface area contributed by atoms with Gasteiger partial charge in [-0.2, -0.15) is 0 Å². The summed E-state index contributed by atoms with van der Waals surface area (Å²) in [6.45, 7) is 0. The van der Waals surface area contributed by atoms with Gasteiger partial charge in [-0.3, -0.25) is 14.4 Å². The van der Waals surface area contributed by atoms with Crippen LogP contribution in [0.5, 0.6) is 46.0 Å². The molecule has 8 aromatic carbocycles. The van der Waals surface area contributed by atoms with Gasteiger partial charge in [-0.25, -0.2) is 8.78 Å². The van der Waals surface area contributed by atoms with Gasteiger partial charge < -0.3 is 18.9 Å². The Hall–Kier alpha value is -8.17. The lowest BCUT2D eigenvalue weighted by molar-refractivity contribution is 0.103. The van der Waals surface area contributed by atoms with E-state index in [2.05, 4.69) is 0 Å². The minimum atomic E-state index is -0.401. The Balaban J connectivity index is 0.802. The van der Waals surface area contributed by atoms with Gasteiger partial charge in [0.15, 0.2) is 17.3 Å². The zero-order valence-electron chi connectivity index (χ0n) is 31.6. The molecule has 0 fully saturated rings. The minimum Gasteiger partial charge on any atom is -0.457 e. The fourth-order valence-electron chi connectivity index (χ4n) is 6.10. The second-order valence-corrected chi connectivity index (χ2v) is 13.4. The van der Waals surface area contributed by atoms with Crippen LogP contribution in [0.15, 0.2) is 194 Å². The van der Waals surface area contributed by atoms with Crippen LogP contribution in [0.3, 0.4) is 0 Å². The topological polar surface area (TPSA) is 88.1 Å². The molecule has 0 unspecified atom stereocenters. The van der Waals surface area contributed by atoms with Crippen molar-refractivity contribution in [2.75, 3.05) is 0 Å². The van der Waals surface area contributed by atoms with Crippen LogP contribution in [-0.2, 0) is 0 Å². The lowest BCUT2D eigenvalue weighted by Crippen LogP contribution is -2.01. The van der Waals surface area contributed by atoms with Gasteiger partial charge >= 0.3 is 0 Å². The summed E-state index contributed by atoms with van der Waals surface area (Å²) in [4.78, 5) is 38.6. The van der Waals surface area contributed by atoms with E-state index in [-0.39, 0.29) is 17.3 Å². The largest absolute Gasteiger partial charge is 0.457 e. The molecule has 8 rings (SSSR count). The van der Waals surface area contributed by atoms with Crippen molar-refractivity contribution in [2.45, 2.75) is 0 Å². The first-order valence-corrected chi connectivity index (χ1v) is 18.7. The Kier molecular flexibility index (Phi) is 11.3. The number of hydrogen-bond acceptors (Lipinski definition) is 7. The van der Waals surface area contributed by atoms with Crippen molar-refractivity contribution in [2.24, 2.45) is 0 Å². The number of halogens is 2. The average molecular weight is 795 g/mol. The van der Waals surface area contributed by atoms with Crippen molar-refractivity contribution in [3.8, 4) is 46.0 Å². The van der Waals surface area contributed by atoms with Crippen molar-refractivity contribution in [1.29, 1.82) is 0 Å². The third kappa shape index (κ3) is 9.50. The fraction of sp³-hybridized carbons (Fsp3) is 0. The first-order chi connectivity index (χ1) is 29.2. The van der Waals surface area contributed by atoms with Gasteiger partial charge in [0.05, 0.1) is 0 Å². The molecule has 0 bridgehead atoms. The molecular weight excluding hydrogens is 763 g/mol. The Morgan fingerprint density at radius 2 is 0.367 bits per heavy atom. The van der Waals surface area contributed by atoms with E-state index in [0.717, 1.165) is 0 Å². The second kappa shape index (κ2) is 17.5. The van der Waals surface area contributed by atoms with E-state index in [0.29, 0.717) is 79.4 Å². The maximum absolute atomic E-state index is 13.2. The maximum atomic E-state index is 13.2. The number of ketones is 3. The molecule has 9 heteroatoms. The molecule has 0 aliphatic heterocycles. The highest BCUT2D eigenvalue weighted by Gasteiger charge is 2.13. The highest BCUT2D eigenvalue weighted by molar-refractivity contribution is 6.10. The second-order valence-electron chi connectivity index (χ2n) is 13.4. The Morgan fingerprint density at radius 1 is 0.233 bits per heavy atom. The highest BCUT2D eigenvalue weighted by atomic mass is 19.1. The smallest absolute Gasteiger partial charge is 0.193 e. The normalized spacial score (nSPS) is 10.7. The van der Waals surface area contributed by atoms with Crippen LogP contribution >= 0.6 is 0 Å². The van der Waals surface area contributed by atoms with Crippen LogP contribution in [0.1, 0.15) is 47.8 Å². The number of hydrogen-bond donors (Lipinski definition) is 0. The van der Waals surface area contributed by atoms with Crippen molar-refractivity contribution >= 4 is 17.3 Å². The molecular formula is C51H32F2O7. The quantitative estimate of drug-likeness (QED) is 0.101. The first kappa shape index (κ1) is 38.7. The predicted octanol–water partition coefficient (Wildman–Crippen LogP) is 12.8. The molecule has 0 heterocycles. The van der Waals surface area contributed by atoms with E-state index < -0.39 is 11.6 Å². The molecule has 0 spiro atoms. The molecule has 0 aliphatic rings. The minimum absolute atomic E-state index is 0.156. The summed E-state index contributed by atoms with van der Waals surface area (Å²) in [6.07, 6.45) is 0. The van der Waals surface area contributed by atoms with E-state index >= 15 is 0 Å². The molecule has 0 aliphatic carbocycles. The lowest BCUT2D eigenvalue weighted by atomic mass is 10.0. The van der Waals surface area contributed by atoms with E-state index in [1.165, 1.54) is 48.5 Å². The molecule has 0 aromatic heterocycles. The van der Waals surface area contributed by atoms with E-state index in [1.807, 2.05) is 0 Å². The standard InChI is InChI=1S/C51H32F2O7/c52-39-13-1-33(2-14-39)49(54)35-5-17-41(18-6-35)57-45-25-29-47(30-26-45)59-43-21-9-37(10-22-43)51(56)38-11-23-44(24-12-38)60-48-31-27-46(28-32-48)58-42-19-7-36(8-20-42)50(55)34-3-15-40(53)16-4-34/h1-32H. The number of rotatable bonds is 14. The van der Waals surface area contributed by atoms with Gasteiger partial charge in [-0.05, 0) is 194 Å². The monoisotopic (exact) mass is 794 g/mol. The molecule has 7 nitrogen and oxygen atoms in total. The van der Waals surface area contributed by atoms with Crippen molar-refractivity contribution in [1.82, 2.24) is 0 Å². The summed E-state index contributed by atoms with van der Waals surface area (Å²) >= 11 is 0. The average Bonchev–Trinajstić information content (AvgIpc) is 3.28. The van der Waals surface area contributed by atoms with Crippen LogP contribution in [0.25, 0.3) is 0 Å². The van der Waals surface area contributed by atoms with Crippen LogP contribution in [0, 0.1) is 11.6 Å². The molecule has 8 aromatic rings. The van der Waals surface area contributed by atoms with Gasteiger partial charge in [0, 0.05) is 33.4 Å². The maximum Gasteiger partial charge on any atom is 0.193 e. The zero-order chi connectivity index (χ0) is 41.4. The summed E-state index contributed by atoms with van der Waals surface area (Å²) in [5, 5.41) is 0. The third-order valence-corrected chi connectivity index (χ3v) is 9.27. The molecule has 292 valence electrons. The molecule has 0 saturated carbocycles. The third-order valence-electron chi connectivity index (χ3n) is 9.27. The summed E-state index contributed by atoms with van der Waals surface area (Å²) in [5.41, 5.74) is 2.71. The number of ether oxygens (including phenoxy) is 4. The van der Waals surface area contributed by atoms with Crippen molar-refractivity contribution in [3.63, 3.8) is 0 Å². The summed E-state index contributed by atoms with van der Waals surface area (Å²) in [5.74, 6) is 3.10. The number of benzene rings is 8. The summed E-state index contributed by atoms with van der Waals surface area (Å²) in [7, 11) is 0. The van der Waals surface area contributed by atoms with Crippen LogP contribution in [0.4, 0.5) is 8.78 Å². The van der Waals surface area contributed by atoms with Gasteiger partial charge in [0.2, 0.25) is 0 Å². The van der Waals surface area contributed by atoms with Gasteiger partial charge in [-0.15, -0.1) is 0 Å². The van der Waals surface area contributed by atoms with E-state index in [9.17, 15) is 23.2 Å². The van der Waals surface area contributed by atoms with Crippen LogP contribution in [-0.4, -0.2) is 17.3 Å². The van der Waals surface area contributed by atoms with Gasteiger partial charge in [0.25, 0.3) is 0 Å². The van der Waals surface area contributed by atoms with E-state index in [1.54, 1.807) is 146 Å². The molecule has 0 amide bonds. The molecule has 0 atom stereocenters. The van der Waals surface area contributed by atoms with Crippen LogP contribution in [0.2, 0.25) is 0 Å². The van der Waals surface area contributed by atoms with Gasteiger partial charge in [0.1, 0.15) is 57.6 Å². The van der Waals surface area contributed by atoms with Crippen molar-refractivity contribution in [3.05, 3.63) is 239 Å². The molecule has 0 N–H and O–H groups in total. The molecule has 0 saturated heterocycles. The number of carbonyl (C=O) groups is 3. The summed E-state index contributed by atoms with van der Waals surface area (Å²) in [6, 6.07) is 52.0. The Morgan fingerprint density at radius 3 is 0.533 bits per heavy atom. The highest BCUT2D eigenvalue weighted by Crippen LogP contribution is 2.30. The van der Waals surface area contributed by atoms with Gasteiger partial charge in [-0.1, -0.05) is 0 Å². The summed E-state index contributed by atoms with van der Waals surface area (Å²) < 4.78 is 50.2. The number of carbonyl (C=O) groups excluding carboxylic acids is 3. The van der Waals surface area contributed by atoms with Crippen LogP contribution < -0.4 is 18.9 Å². The Bertz CT molecular complexity index is 2560. The fourth-order valence-corrected chi connectivity index (χ4v) is 6.10. The first-order valence-electron chi connectivity index (χ1n) is 18.7. The Labute approximate surface area is 343 Å². The zero-order valence-corrected chi connectivity index (χ0v) is 31.6. The molecule has 60 heavy (non-hydrogen) atoms. The van der Waals surface area contributed by atoms with E-state index in [4.69, 9.17) is 18.9 Å². The SMILES string of the molecule is O=C(c1ccc(F)cc1)c1ccc(Oc2ccc(Oc3ccc(C(=O)c4ccc(Oc5ccc(Oc6ccc(C(=O)c7ccc(F)cc7)cc6)cc5)cc4)cc3)cc2)cc1.